The van der Waals surface area contributed by atoms with Crippen LogP contribution in [0.25, 0.3) is 0 Å². The number of hydrogen-bond acceptors (Lipinski definition) is 6. The van der Waals surface area contributed by atoms with Crippen LogP contribution in [-0.4, -0.2) is 36.7 Å². The first-order chi connectivity index (χ1) is 17.2. The van der Waals surface area contributed by atoms with Crippen molar-refractivity contribution in [2.75, 3.05) is 30.3 Å². The van der Waals surface area contributed by atoms with Gasteiger partial charge in [-0.3, -0.25) is 15.1 Å². The summed E-state index contributed by atoms with van der Waals surface area (Å²) >= 11 is 0. The maximum absolute atomic E-state index is 13.0. The Morgan fingerprint density at radius 1 is 1.00 bits per heavy atom. The number of para-hydroxylation sites is 2. The van der Waals surface area contributed by atoms with Crippen LogP contribution in [0.15, 0.2) is 67.0 Å². The molecule has 0 bridgehead atoms. The molecule has 180 valence electrons. The second kappa shape index (κ2) is 10.6. The minimum atomic E-state index is -0.568. The molecule has 1 saturated heterocycles. The van der Waals surface area contributed by atoms with Crippen LogP contribution in [0.4, 0.5) is 16.2 Å². The van der Waals surface area contributed by atoms with Crippen LogP contribution in [0.3, 0.4) is 0 Å². The molecule has 1 fully saturated rings. The number of rotatable bonds is 6. The number of nitrogens with one attached hydrogen (secondary N) is 3. The molecular weight excluding hydrogens is 444 g/mol. The number of ether oxygens (including phenoxy) is 2. The number of nitrogens with zero attached hydrogens (tertiary/aromatic N) is 1. The summed E-state index contributed by atoms with van der Waals surface area (Å²) in [6.07, 6.45) is 5.09. The van der Waals surface area contributed by atoms with Crippen LogP contribution in [0.5, 0.6) is 5.75 Å². The van der Waals surface area contributed by atoms with Gasteiger partial charge in [0, 0.05) is 30.3 Å². The Morgan fingerprint density at radius 2 is 1.74 bits per heavy atom. The van der Waals surface area contributed by atoms with E-state index in [1.807, 2.05) is 24.3 Å². The number of piperidine rings is 1. The summed E-state index contributed by atoms with van der Waals surface area (Å²) in [5, 5.41) is 9.08. The lowest BCUT2D eigenvalue weighted by atomic mass is 9.88. The third-order valence-electron chi connectivity index (χ3n) is 6.44. The third kappa shape index (κ3) is 5.44. The van der Waals surface area contributed by atoms with Crippen molar-refractivity contribution in [3.05, 3.63) is 83.7 Å². The maximum Gasteiger partial charge on any atom is 0.412 e. The molecule has 2 aliphatic rings. The minimum Gasteiger partial charge on any atom is -0.493 e. The van der Waals surface area contributed by atoms with Crippen LogP contribution >= 0.6 is 0 Å². The second-order valence-corrected chi connectivity index (χ2v) is 8.74. The standard InChI is InChI=1S/C27H28N4O4/c32-26(21-5-6-24-20(17-21)11-16-34-24)30-22-3-1-2-4-23(22)31-27(33)35-25(18-7-12-28-13-8-18)19-9-14-29-15-10-19/h1-8,12-13,17,19,25,29H,9-11,14-16H2,(H,30,32)(H,31,33). The van der Waals surface area contributed by atoms with Crippen molar-refractivity contribution in [2.45, 2.75) is 25.4 Å². The summed E-state index contributed by atoms with van der Waals surface area (Å²) in [4.78, 5) is 30.0. The zero-order chi connectivity index (χ0) is 24.0. The third-order valence-corrected chi connectivity index (χ3v) is 6.44. The number of carbonyl (C=O) groups is 2. The Bertz CT molecular complexity index is 1190. The summed E-state index contributed by atoms with van der Waals surface area (Å²) in [5.41, 5.74) is 3.44. The van der Waals surface area contributed by atoms with Gasteiger partial charge in [0.1, 0.15) is 11.9 Å². The highest BCUT2D eigenvalue weighted by molar-refractivity contribution is 6.07. The van der Waals surface area contributed by atoms with Crippen molar-refractivity contribution in [1.29, 1.82) is 0 Å². The first-order valence-corrected chi connectivity index (χ1v) is 11.9. The Labute approximate surface area is 204 Å². The lowest BCUT2D eigenvalue weighted by Crippen LogP contribution is -2.33. The molecular formula is C27H28N4O4. The number of benzene rings is 2. The van der Waals surface area contributed by atoms with E-state index in [9.17, 15) is 9.59 Å². The second-order valence-electron chi connectivity index (χ2n) is 8.74. The Hall–Kier alpha value is -3.91. The topological polar surface area (TPSA) is 102 Å². The van der Waals surface area contributed by atoms with E-state index in [4.69, 9.17) is 9.47 Å². The quantitative estimate of drug-likeness (QED) is 0.486. The first-order valence-electron chi connectivity index (χ1n) is 11.9. The highest BCUT2D eigenvalue weighted by Crippen LogP contribution is 2.33. The molecule has 3 heterocycles. The van der Waals surface area contributed by atoms with E-state index >= 15 is 0 Å². The van der Waals surface area contributed by atoms with Crippen molar-refractivity contribution in [2.24, 2.45) is 5.92 Å². The molecule has 1 atom stereocenters. The number of amides is 2. The lowest BCUT2D eigenvalue weighted by molar-refractivity contribution is 0.0591. The van der Waals surface area contributed by atoms with Crippen LogP contribution in [0.1, 0.15) is 40.4 Å². The molecule has 8 nitrogen and oxygen atoms in total. The van der Waals surface area contributed by atoms with Crippen molar-refractivity contribution in [3.8, 4) is 5.75 Å². The molecule has 0 spiro atoms. The average Bonchev–Trinajstić information content (AvgIpc) is 3.37. The number of anilines is 2. The molecule has 35 heavy (non-hydrogen) atoms. The summed E-state index contributed by atoms with van der Waals surface area (Å²) in [6, 6.07) is 16.3. The summed E-state index contributed by atoms with van der Waals surface area (Å²) in [5.74, 6) is 0.777. The Morgan fingerprint density at radius 3 is 2.51 bits per heavy atom. The maximum atomic E-state index is 13.0. The number of aromatic nitrogens is 1. The van der Waals surface area contributed by atoms with Gasteiger partial charge >= 0.3 is 6.09 Å². The largest absolute Gasteiger partial charge is 0.493 e. The number of hydrogen-bond donors (Lipinski definition) is 3. The van der Waals surface area contributed by atoms with E-state index in [0.717, 1.165) is 49.2 Å². The first kappa shape index (κ1) is 22.9. The molecule has 5 rings (SSSR count). The van der Waals surface area contributed by atoms with Crippen molar-refractivity contribution < 1.29 is 19.1 Å². The van der Waals surface area contributed by atoms with Gasteiger partial charge in [-0.05, 0) is 79.5 Å². The van der Waals surface area contributed by atoms with Crippen molar-refractivity contribution in [3.63, 3.8) is 0 Å². The molecule has 0 aliphatic carbocycles. The highest BCUT2D eigenvalue weighted by atomic mass is 16.6. The van der Waals surface area contributed by atoms with Gasteiger partial charge in [0.2, 0.25) is 0 Å². The summed E-state index contributed by atoms with van der Waals surface area (Å²) < 4.78 is 11.5. The van der Waals surface area contributed by atoms with Gasteiger partial charge in [-0.15, -0.1) is 0 Å². The Kier molecular flexibility index (Phi) is 6.90. The highest BCUT2D eigenvalue weighted by Gasteiger charge is 2.28. The van der Waals surface area contributed by atoms with E-state index in [0.29, 0.717) is 23.5 Å². The fraction of sp³-hybridized carbons (Fsp3) is 0.296. The molecule has 2 amide bonds. The fourth-order valence-corrected chi connectivity index (χ4v) is 4.61. The van der Waals surface area contributed by atoms with E-state index in [1.54, 1.807) is 42.7 Å². The average molecular weight is 473 g/mol. The van der Waals surface area contributed by atoms with Crippen LogP contribution in [-0.2, 0) is 11.2 Å². The number of carbonyl (C=O) groups excluding carboxylic acids is 2. The zero-order valence-corrected chi connectivity index (χ0v) is 19.3. The fourth-order valence-electron chi connectivity index (χ4n) is 4.61. The van der Waals surface area contributed by atoms with Gasteiger partial charge in [0.05, 0.1) is 18.0 Å². The smallest absolute Gasteiger partial charge is 0.412 e. The molecule has 0 saturated carbocycles. The summed E-state index contributed by atoms with van der Waals surface area (Å²) in [6.45, 7) is 2.41. The zero-order valence-electron chi connectivity index (χ0n) is 19.3. The molecule has 3 N–H and O–H groups in total. The van der Waals surface area contributed by atoms with Gasteiger partial charge in [-0.2, -0.15) is 0 Å². The molecule has 1 aromatic heterocycles. The lowest BCUT2D eigenvalue weighted by Gasteiger charge is -2.30. The van der Waals surface area contributed by atoms with Gasteiger partial charge in [-0.1, -0.05) is 12.1 Å². The van der Waals surface area contributed by atoms with Crippen LogP contribution in [0.2, 0.25) is 0 Å². The van der Waals surface area contributed by atoms with Gasteiger partial charge in [0.15, 0.2) is 0 Å². The molecule has 2 aliphatic heterocycles. The molecule has 2 aromatic carbocycles. The molecule has 8 heteroatoms. The summed E-state index contributed by atoms with van der Waals surface area (Å²) in [7, 11) is 0. The number of fused-ring (bicyclic) bond motifs is 1. The van der Waals surface area contributed by atoms with Crippen LogP contribution < -0.4 is 20.7 Å². The number of pyridine rings is 1. The minimum absolute atomic E-state index is 0.211. The van der Waals surface area contributed by atoms with E-state index in [2.05, 4.69) is 20.9 Å². The van der Waals surface area contributed by atoms with Gasteiger partial charge in [-0.25, -0.2) is 4.79 Å². The van der Waals surface area contributed by atoms with Gasteiger partial charge in [0.25, 0.3) is 5.91 Å². The van der Waals surface area contributed by atoms with Crippen LogP contribution in [0, 0.1) is 5.92 Å². The monoisotopic (exact) mass is 472 g/mol. The van der Waals surface area contributed by atoms with Crippen molar-refractivity contribution >= 4 is 23.4 Å². The van der Waals surface area contributed by atoms with Crippen molar-refractivity contribution in [1.82, 2.24) is 10.3 Å². The Balaban J connectivity index is 1.29. The van der Waals surface area contributed by atoms with E-state index in [1.165, 1.54) is 0 Å². The normalized spacial score (nSPS) is 16.0. The molecule has 1 unspecified atom stereocenters. The van der Waals surface area contributed by atoms with E-state index in [-0.39, 0.29) is 17.9 Å². The van der Waals surface area contributed by atoms with E-state index < -0.39 is 6.09 Å². The molecule has 3 aromatic rings. The predicted octanol–water partition coefficient (Wildman–Crippen LogP) is 4.56. The predicted molar refractivity (Wildman–Crippen MR) is 133 cm³/mol. The SMILES string of the molecule is O=C(Nc1ccccc1NC(=O)c1ccc2c(c1)CCO2)OC(c1ccncc1)C1CCNCC1. The molecule has 0 radical (unpaired) electrons. The van der Waals surface area contributed by atoms with Gasteiger partial charge < -0.3 is 20.1 Å².